The van der Waals surface area contributed by atoms with Gasteiger partial charge in [0.1, 0.15) is 5.78 Å². The molecule has 0 amide bonds. The van der Waals surface area contributed by atoms with Crippen molar-refractivity contribution >= 4 is 5.78 Å². The summed E-state index contributed by atoms with van der Waals surface area (Å²) < 4.78 is 11.3. The SMILES string of the molecule is CC(N)C(C)C(=O)C1CCOC2(CCOC2)C1. The standard InChI is InChI=1S/C13H23NO3/c1-9(10(2)14)12(15)11-3-5-17-13(7-11)4-6-16-8-13/h9-11H,3-8,14H2,1-2H3. The Kier molecular flexibility index (Phi) is 3.85. The van der Waals surface area contributed by atoms with E-state index in [2.05, 4.69) is 0 Å². The topological polar surface area (TPSA) is 61.6 Å². The average Bonchev–Trinajstić information content (AvgIpc) is 2.75. The van der Waals surface area contributed by atoms with Crippen LogP contribution in [0.1, 0.15) is 33.1 Å². The number of carbonyl (C=O) groups excluding carboxylic acids is 1. The third-order valence-corrected chi connectivity index (χ3v) is 4.20. The van der Waals surface area contributed by atoms with Crippen LogP contribution in [0.4, 0.5) is 0 Å². The molecule has 4 unspecified atom stereocenters. The molecule has 2 aliphatic heterocycles. The molecular formula is C13H23NO3. The second-order valence-corrected chi connectivity index (χ2v) is 5.57. The summed E-state index contributed by atoms with van der Waals surface area (Å²) in [4.78, 5) is 12.3. The summed E-state index contributed by atoms with van der Waals surface area (Å²) in [6, 6.07) is -0.0684. The quantitative estimate of drug-likeness (QED) is 0.804. The minimum Gasteiger partial charge on any atom is -0.378 e. The lowest BCUT2D eigenvalue weighted by Gasteiger charge is -2.37. The van der Waals surface area contributed by atoms with Crippen LogP contribution in [-0.2, 0) is 14.3 Å². The lowest BCUT2D eigenvalue weighted by atomic mass is 9.78. The van der Waals surface area contributed by atoms with Gasteiger partial charge in [-0.05, 0) is 19.8 Å². The molecule has 2 fully saturated rings. The molecule has 2 rings (SSSR count). The lowest BCUT2D eigenvalue weighted by molar-refractivity contribution is -0.140. The molecule has 1 spiro atoms. The predicted molar refractivity (Wildman–Crippen MR) is 64.7 cm³/mol. The molecule has 2 N–H and O–H groups in total. The molecule has 2 aliphatic rings. The van der Waals surface area contributed by atoms with Crippen molar-refractivity contribution in [3.63, 3.8) is 0 Å². The lowest BCUT2D eigenvalue weighted by Crippen LogP contribution is -2.45. The van der Waals surface area contributed by atoms with Crippen LogP contribution in [0.2, 0.25) is 0 Å². The Hall–Kier alpha value is -0.450. The molecule has 2 saturated heterocycles. The summed E-state index contributed by atoms with van der Waals surface area (Å²) >= 11 is 0. The number of hydrogen-bond donors (Lipinski definition) is 1. The first-order valence-electron chi connectivity index (χ1n) is 6.55. The van der Waals surface area contributed by atoms with Gasteiger partial charge in [0.25, 0.3) is 0 Å². The van der Waals surface area contributed by atoms with Crippen LogP contribution in [0.5, 0.6) is 0 Å². The zero-order valence-corrected chi connectivity index (χ0v) is 10.8. The van der Waals surface area contributed by atoms with Crippen molar-refractivity contribution < 1.29 is 14.3 Å². The van der Waals surface area contributed by atoms with Gasteiger partial charge in [0, 0.05) is 37.5 Å². The average molecular weight is 241 g/mol. The van der Waals surface area contributed by atoms with Gasteiger partial charge in [-0.2, -0.15) is 0 Å². The molecule has 17 heavy (non-hydrogen) atoms. The van der Waals surface area contributed by atoms with E-state index in [0.29, 0.717) is 19.0 Å². The third kappa shape index (κ3) is 2.69. The van der Waals surface area contributed by atoms with Crippen molar-refractivity contribution in [1.29, 1.82) is 0 Å². The van der Waals surface area contributed by atoms with Gasteiger partial charge in [-0.15, -0.1) is 0 Å². The van der Waals surface area contributed by atoms with Gasteiger partial charge in [-0.25, -0.2) is 0 Å². The molecule has 0 aromatic rings. The summed E-state index contributed by atoms with van der Waals surface area (Å²) in [5.74, 6) is 0.346. The van der Waals surface area contributed by atoms with E-state index in [1.54, 1.807) is 0 Å². The van der Waals surface area contributed by atoms with E-state index < -0.39 is 0 Å². The second-order valence-electron chi connectivity index (χ2n) is 5.57. The molecular weight excluding hydrogens is 218 g/mol. The number of ether oxygens (including phenoxy) is 2. The van der Waals surface area contributed by atoms with Gasteiger partial charge >= 0.3 is 0 Å². The first-order chi connectivity index (χ1) is 8.04. The maximum atomic E-state index is 12.3. The van der Waals surface area contributed by atoms with E-state index in [0.717, 1.165) is 25.9 Å². The van der Waals surface area contributed by atoms with Crippen LogP contribution >= 0.6 is 0 Å². The fourth-order valence-electron chi connectivity index (χ4n) is 2.76. The van der Waals surface area contributed by atoms with Crippen LogP contribution in [0, 0.1) is 11.8 Å². The summed E-state index contributed by atoms with van der Waals surface area (Å²) in [5, 5.41) is 0. The minimum atomic E-state index is -0.184. The number of nitrogens with two attached hydrogens (primary N) is 1. The first-order valence-corrected chi connectivity index (χ1v) is 6.55. The van der Waals surface area contributed by atoms with Gasteiger partial charge in [-0.1, -0.05) is 6.92 Å². The first kappa shape index (κ1) is 13.0. The molecule has 0 saturated carbocycles. The summed E-state index contributed by atoms with van der Waals surface area (Å²) in [6.45, 7) is 5.90. The smallest absolute Gasteiger partial charge is 0.140 e. The highest BCUT2D eigenvalue weighted by Crippen LogP contribution is 2.37. The molecule has 0 aromatic carbocycles. The van der Waals surface area contributed by atoms with Crippen LogP contribution in [0.3, 0.4) is 0 Å². The molecule has 4 heteroatoms. The zero-order valence-electron chi connectivity index (χ0n) is 10.8. The number of ketones is 1. The normalized spacial score (nSPS) is 37.0. The summed E-state index contributed by atoms with van der Waals surface area (Å²) in [7, 11) is 0. The van der Waals surface area contributed by atoms with Crippen molar-refractivity contribution in [2.75, 3.05) is 19.8 Å². The highest BCUT2D eigenvalue weighted by molar-refractivity contribution is 5.83. The molecule has 0 bridgehead atoms. The highest BCUT2D eigenvalue weighted by Gasteiger charge is 2.43. The van der Waals surface area contributed by atoms with Crippen LogP contribution < -0.4 is 5.73 Å². The Bertz CT molecular complexity index is 284. The largest absolute Gasteiger partial charge is 0.378 e. The van der Waals surface area contributed by atoms with E-state index in [-0.39, 0.29) is 23.5 Å². The monoisotopic (exact) mass is 241 g/mol. The van der Waals surface area contributed by atoms with Gasteiger partial charge < -0.3 is 15.2 Å². The fourth-order valence-corrected chi connectivity index (χ4v) is 2.76. The molecule has 0 aromatic heterocycles. The molecule has 4 atom stereocenters. The molecule has 2 heterocycles. The Morgan fingerprint density at radius 1 is 1.41 bits per heavy atom. The Labute approximate surface area is 103 Å². The number of rotatable bonds is 3. The van der Waals surface area contributed by atoms with Gasteiger partial charge in [-0.3, -0.25) is 4.79 Å². The zero-order chi connectivity index (χ0) is 12.5. The van der Waals surface area contributed by atoms with E-state index in [1.807, 2.05) is 13.8 Å². The van der Waals surface area contributed by atoms with Gasteiger partial charge in [0.2, 0.25) is 0 Å². The van der Waals surface area contributed by atoms with E-state index in [1.165, 1.54) is 0 Å². The minimum absolute atomic E-state index is 0.0579. The maximum Gasteiger partial charge on any atom is 0.140 e. The van der Waals surface area contributed by atoms with E-state index in [9.17, 15) is 4.79 Å². The summed E-state index contributed by atoms with van der Waals surface area (Å²) in [5.41, 5.74) is 5.63. The van der Waals surface area contributed by atoms with E-state index >= 15 is 0 Å². The fraction of sp³-hybridized carbons (Fsp3) is 0.923. The van der Waals surface area contributed by atoms with Crippen molar-refractivity contribution in [1.82, 2.24) is 0 Å². The Balaban J connectivity index is 1.99. The van der Waals surface area contributed by atoms with Crippen molar-refractivity contribution in [2.24, 2.45) is 17.6 Å². The number of hydrogen-bond acceptors (Lipinski definition) is 4. The van der Waals surface area contributed by atoms with Crippen LogP contribution in [-0.4, -0.2) is 37.2 Å². The van der Waals surface area contributed by atoms with Crippen molar-refractivity contribution in [3.05, 3.63) is 0 Å². The molecule has 4 nitrogen and oxygen atoms in total. The second kappa shape index (κ2) is 5.04. The van der Waals surface area contributed by atoms with Crippen LogP contribution in [0.15, 0.2) is 0 Å². The van der Waals surface area contributed by atoms with Crippen molar-refractivity contribution in [2.45, 2.75) is 44.8 Å². The van der Waals surface area contributed by atoms with Crippen molar-refractivity contribution in [3.8, 4) is 0 Å². The molecule has 98 valence electrons. The van der Waals surface area contributed by atoms with Gasteiger partial charge in [0.05, 0.1) is 12.2 Å². The highest BCUT2D eigenvalue weighted by atomic mass is 16.6. The Morgan fingerprint density at radius 3 is 2.76 bits per heavy atom. The van der Waals surface area contributed by atoms with E-state index in [4.69, 9.17) is 15.2 Å². The van der Waals surface area contributed by atoms with Gasteiger partial charge in [0.15, 0.2) is 0 Å². The van der Waals surface area contributed by atoms with Crippen LogP contribution in [0.25, 0.3) is 0 Å². The number of Topliss-reactive ketones (excluding diaryl/α,β-unsaturated/α-hetero) is 1. The third-order valence-electron chi connectivity index (χ3n) is 4.20. The molecule has 0 aliphatic carbocycles. The maximum absolute atomic E-state index is 12.3. The predicted octanol–water partition coefficient (Wildman–Crippen LogP) is 1.12. The number of carbonyl (C=O) groups is 1. The summed E-state index contributed by atoms with van der Waals surface area (Å²) in [6.07, 6.45) is 2.56. The molecule has 0 radical (unpaired) electrons. The Morgan fingerprint density at radius 2 is 2.18 bits per heavy atom.